The van der Waals surface area contributed by atoms with Crippen molar-refractivity contribution in [3.05, 3.63) is 60.2 Å². The predicted octanol–water partition coefficient (Wildman–Crippen LogP) is -1.16. The third kappa shape index (κ3) is 5.88. The molecule has 0 bridgehead atoms. The smallest absolute Gasteiger partial charge is 0.205 e. The number of halogens is 1. The first-order valence-electron chi connectivity index (χ1n) is 8.18. The van der Waals surface area contributed by atoms with Crippen LogP contribution in [-0.4, -0.2) is 50.2 Å². The second-order valence-electron chi connectivity index (χ2n) is 5.96. The predicted molar refractivity (Wildman–Crippen MR) is 98.0 cm³/mol. The van der Waals surface area contributed by atoms with Gasteiger partial charge in [0.2, 0.25) is 5.78 Å². The number of piperazine rings is 1. The molecule has 0 aliphatic carbocycles. The molecule has 25 heavy (non-hydrogen) atoms. The zero-order valence-electron chi connectivity index (χ0n) is 14.2. The maximum atomic E-state index is 12.2. The van der Waals surface area contributed by atoms with Crippen LogP contribution in [0.5, 0.6) is 0 Å². The molecule has 2 aromatic rings. The molecule has 1 aliphatic heterocycles. The Bertz CT molecular complexity index is 698. The lowest BCUT2D eigenvalue weighted by molar-refractivity contribution is -0.884. The van der Waals surface area contributed by atoms with Gasteiger partial charge in [0.15, 0.2) is 0 Å². The van der Waals surface area contributed by atoms with Gasteiger partial charge in [0.25, 0.3) is 0 Å². The van der Waals surface area contributed by atoms with Crippen molar-refractivity contribution in [2.45, 2.75) is 9.79 Å². The summed E-state index contributed by atoms with van der Waals surface area (Å²) in [6, 6.07) is 17.9. The van der Waals surface area contributed by atoms with Crippen molar-refractivity contribution < 1.29 is 22.1 Å². The topological polar surface area (TPSA) is 37.1 Å². The average molecular weight is 376 g/mol. The summed E-state index contributed by atoms with van der Waals surface area (Å²) >= 11 is 1.69. The zero-order chi connectivity index (χ0) is 16.8. The second-order valence-corrected chi connectivity index (χ2v) is 7.11. The van der Waals surface area contributed by atoms with E-state index in [-0.39, 0.29) is 18.2 Å². The Morgan fingerprint density at radius 2 is 1.64 bits per heavy atom. The monoisotopic (exact) mass is 375 g/mol. The number of Topliss-reactive ketones (excluding diaryl/α,β-unsaturated/α-hetero) is 1. The van der Waals surface area contributed by atoms with E-state index in [1.807, 2.05) is 47.5 Å². The molecule has 0 aromatic heterocycles. The Balaban J connectivity index is 0.00000225. The number of hydrogen-bond donors (Lipinski definition) is 1. The largest absolute Gasteiger partial charge is 1.00 e. The number of ketones is 1. The summed E-state index contributed by atoms with van der Waals surface area (Å²) in [6.07, 6.45) is 1.44. The maximum absolute atomic E-state index is 12.2. The van der Waals surface area contributed by atoms with Crippen LogP contribution in [0.15, 0.2) is 69.5 Å². The van der Waals surface area contributed by atoms with Crippen molar-refractivity contribution in [3.63, 3.8) is 0 Å². The molecule has 3 rings (SSSR count). The number of quaternary nitrogens is 1. The molecule has 1 N–H and O–H groups in total. The van der Waals surface area contributed by atoms with Crippen LogP contribution >= 0.6 is 11.8 Å². The fourth-order valence-corrected chi connectivity index (χ4v) is 3.35. The highest BCUT2D eigenvalue weighted by atomic mass is 35.5. The van der Waals surface area contributed by atoms with Gasteiger partial charge in [-0.05, 0) is 36.4 Å². The van der Waals surface area contributed by atoms with Gasteiger partial charge in [-0.1, -0.05) is 30.0 Å². The van der Waals surface area contributed by atoms with Crippen molar-refractivity contribution in [2.75, 3.05) is 33.2 Å². The van der Waals surface area contributed by atoms with Gasteiger partial charge in [-0.25, -0.2) is 0 Å². The van der Waals surface area contributed by atoms with Gasteiger partial charge >= 0.3 is 0 Å². The highest BCUT2D eigenvalue weighted by Crippen LogP contribution is 2.27. The molecule has 0 saturated carbocycles. The van der Waals surface area contributed by atoms with E-state index in [2.05, 4.69) is 24.3 Å². The number of hydrazone groups is 1. The van der Waals surface area contributed by atoms with Gasteiger partial charge in [0.1, 0.15) is 0 Å². The van der Waals surface area contributed by atoms with Gasteiger partial charge in [-0.2, -0.15) is 5.10 Å². The van der Waals surface area contributed by atoms with Gasteiger partial charge in [-0.15, -0.1) is 0 Å². The fraction of sp³-hybridized carbons (Fsp3) is 0.263. The van der Waals surface area contributed by atoms with Crippen LogP contribution < -0.4 is 17.3 Å². The Hall–Kier alpha value is -1.82. The number of rotatable bonds is 5. The van der Waals surface area contributed by atoms with E-state index in [1.165, 1.54) is 16.0 Å². The van der Waals surface area contributed by atoms with E-state index in [4.69, 9.17) is 0 Å². The number of carbonyl (C=O) groups is 1. The minimum atomic E-state index is -0.0439. The van der Waals surface area contributed by atoms with Gasteiger partial charge < -0.3 is 17.3 Å². The third-order valence-corrected chi connectivity index (χ3v) is 5.07. The quantitative estimate of drug-likeness (QED) is 0.529. The summed E-state index contributed by atoms with van der Waals surface area (Å²) in [5, 5.41) is 6.30. The first-order chi connectivity index (χ1) is 11.7. The van der Waals surface area contributed by atoms with Crippen molar-refractivity contribution >= 4 is 23.8 Å². The van der Waals surface area contributed by atoms with Gasteiger partial charge in [-0.3, -0.25) is 9.80 Å². The van der Waals surface area contributed by atoms with E-state index < -0.39 is 0 Å². The lowest BCUT2D eigenvalue weighted by atomic mass is 10.1. The van der Waals surface area contributed by atoms with Crippen LogP contribution in [0.2, 0.25) is 0 Å². The molecule has 0 amide bonds. The summed E-state index contributed by atoms with van der Waals surface area (Å²) in [7, 11) is 2.18. The Labute approximate surface area is 159 Å². The Morgan fingerprint density at radius 3 is 2.28 bits per heavy atom. The standard InChI is InChI=1S/C19H21N3OS.ClH/c1-21-11-13-22(14-12-21)20-15-19(23)16-7-9-18(10-8-16)24-17-5-3-2-4-6-17;/h2-10,15H,11-14H2,1H3;1H/b20-15+;. The molecule has 0 spiro atoms. The van der Waals surface area contributed by atoms with Crippen LogP contribution in [-0.2, 0) is 0 Å². The average Bonchev–Trinajstić information content (AvgIpc) is 2.62. The van der Waals surface area contributed by atoms with Crippen molar-refractivity contribution in [1.29, 1.82) is 0 Å². The highest BCUT2D eigenvalue weighted by Gasteiger charge is 2.14. The van der Waals surface area contributed by atoms with E-state index in [0.717, 1.165) is 31.1 Å². The molecule has 0 unspecified atom stereocenters. The molecule has 0 radical (unpaired) electrons. The van der Waals surface area contributed by atoms with Crippen LogP contribution in [0.1, 0.15) is 10.4 Å². The third-order valence-electron chi connectivity index (χ3n) is 4.05. The molecular formula is C19H22ClN3OS. The zero-order valence-corrected chi connectivity index (χ0v) is 15.8. The van der Waals surface area contributed by atoms with E-state index in [1.54, 1.807) is 11.8 Å². The van der Waals surface area contributed by atoms with Crippen molar-refractivity contribution in [2.24, 2.45) is 5.10 Å². The number of nitrogens with zero attached hydrogens (tertiary/aromatic N) is 2. The second kappa shape index (κ2) is 9.61. The molecule has 2 aromatic carbocycles. The molecule has 132 valence electrons. The maximum Gasteiger partial charge on any atom is 0.205 e. The Morgan fingerprint density at radius 1 is 1.04 bits per heavy atom. The molecule has 1 aliphatic rings. The summed E-state index contributed by atoms with van der Waals surface area (Å²) < 4.78 is 0. The molecule has 6 heteroatoms. The van der Waals surface area contributed by atoms with Crippen molar-refractivity contribution in [3.8, 4) is 0 Å². The van der Waals surface area contributed by atoms with Crippen molar-refractivity contribution in [1.82, 2.24) is 5.01 Å². The number of nitrogens with one attached hydrogen (secondary N) is 1. The minimum Gasteiger partial charge on any atom is -1.00 e. The lowest BCUT2D eigenvalue weighted by Crippen LogP contribution is -3.11. The van der Waals surface area contributed by atoms with Crippen LogP contribution in [0.4, 0.5) is 0 Å². The highest BCUT2D eigenvalue weighted by molar-refractivity contribution is 7.99. The van der Waals surface area contributed by atoms with Crippen LogP contribution in [0.25, 0.3) is 0 Å². The Kier molecular flexibility index (Phi) is 7.50. The van der Waals surface area contributed by atoms with E-state index >= 15 is 0 Å². The summed E-state index contributed by atoms with van der Waals surface area (Å²) in [4.78, 5) is 16.1. The van der Waals surface area contributed by atoms with E-state index in [0.29, 0.717) is 5.56 Å². The molecular weight excluding hydrogens is 354 g/mol. The van der Waals surface area contributed by atoms with E-state index in [9.17, 15) is 4.79 Å². The number of benzene rings is 2. The molecule has 1 heterocycles. The first kappa shape index (κ1) is 19.5. The number of hydrogen-bond acceptors (Lipinski definition) is 4. The lowest BCUT2D eigenvalue weighted by Gasteiger charge is -2.27. The fourth-order valence-electron chi connectivity index (χ4n) is 2.51. The first-order valence-corrected chi connectivity index (χ1v) is 9.00. The minimum absolute atomic E-state index is 0. The van der Waals surface area contributed by atoms with Gasteiger partial charge in [0.05, 0.1) is 39.4 Å². The summed E-state index contributed by atoms with van der Waals surface area (Å²) in [5.41, 5.74) is 0.677. The number of likely N-dealkylation sites (N-methyl/N-ethyl adjacent to an activating group) is 1. The van der Waals surface area contributed by atoms with Crippen LogP contribution in [0.3, 0.4) is 0 Å². The molecule has 0 atom stereocenters. The summed E-state index contributed by atoms with van der Waals surface area (Å²) in [5.74, 6) is -0.0439. The van der Waals surface area contributed by atoms with Gasteiger partial charge in [0, 0.05) is 15.4 Å². The molecule has 1 saturated heterocycles. The normalized spacial score (nSPS) is 15.2. The molecule has 4 nitrogen and oxygen atoms in total. The summed E-state index contributed by atoms with van der Waals surface area (Å²) in [6.45, 7) is 3.94. The SMILES string of the molecule is C[NH+]1CCN(/N=C/C(=O)c2ccc(Sc3ccccc3)cc2)CC1.[Cl-]. The number of carbonyl (C=O) groups excluding carboxylic acids is 1. The van der Waals surface area contributed by atoms with Crippen LogP contribution in [0, 0.1) is 0 Å². The molecule has 1 fully saturated rings.